The smallest absolute Gasteiger partial charge is 0.373 e. The third-order valence-corrected chi connectivity index (χ3v) is 5.26. The van der Waals surface area contributed by atoms with E-state index >= 15 is 0 Å². The third-order valence-electron chi connectivity index (χ3n) is 5.26. The largest absolute Gasteiger partial charge is 0.426 e. The van der Waals surface area contributed by atoms with Gasteiger partial charge in [0.1, 0.15) is 5.82 Å². The van der Waals surface area contributed by atoms with Crippen molar-refractivity contribution in [3.63, 3.8) is 0 Å². The number of aryl methyl sites for hydroxylation is 1. The van der Waals surface area contributed by atoms with E-state index in [9.17, 15) is 32.3 Å². The van der Waals surface area contributed by atoms with E-state index in [0.29, 0.717) is 12.5 Å². The second-order valence-electron chi connectivity index (χ2n) is 7.88. The minimum absolute atomic E-state index is 0.0391. The van der Waals surface area contributed by atoms with Crippen LogP contribution in [-0.2, 0) is 4.79 Å². The maximum atomic E-state index is 14.3. The van der Waals surface area contributed by atoms with Crippen LogP contribution < -0.4 is 0 Å². The number of amides is 2. The van der Waals surface area contributed by atoms with E-state index in [0.717, 1.165) is 4.90 Å². The van der Waals surface area contributed by atoms with Gasteiger partial charge in [0.25, 0.3) is 11.8 Å². The van der Waals surface area contributed by atoms with Gasteiger partial charge in [-0.05, 0) is 58.2 Å². The van der Waals surface area contributed by atoms with E-state index < -0.39 is 29.4 Å². The van der Waals surface area contributed by atoms with Gasteiger partial charge in [0.2, 0.25) is 5.60 Å². The van der Waals surface area contributed by atoms with Crippen molar-refractivity contribution in [3.05, 3.63) is 35.1 Å². The number of aliphatic hydroxyl groups is 1. The summed E-state index contributed by atoms with van der Waals surface area (Å²) < 4.78 is 53.0. The van der Waals surface area contributed by atoms with Crippen LogP contribution in [0, 0.1) is 12.7 Å². The van der Waals surface area contributed by atoms with Crippen molar-refractivity contribution in [3.8, 4) is 0 Å². The minimum atomic E-state index is -5.08. The Morgan fingerprint density at radius 1 is 1.21 bits per heavy atom. The first-order valence-electron chi connectivity index (χ1n) is 9.44. The van der Waals surface area contributed by atoms with Crippen molar-refractivity contribution in [2.75, 3.05) is 13.1 Å². The van der Waals surface area contributed by atoms with Crippen molar-refractivity contribution >= 4 is 11.8 Å². The number of piperidine rings is 1. The Balaban J connectivity index is 2.14. The number of hydrogen-bond donors (Lipinski definition) is 1. The molecule has 0 aromatic heterocycles. The summed E-state index contributed by atoms with van der Waals surface area (Å²) in [5, 5.41) is 9.60. The zero-order valence-electron chi connectivity index (χ0n) is 16.9. The fourth-order valence-electron chi connectivity index (χ4n) is 3.53. The SMILES string of the molecule is Cc1ccc(C(=O)N(C(C)C)C2CCN(C(=O)C(C)(O)C(F)(F)F)CC2)c(F)c1. The quantitative estimate of drug-likeness (QED) is 0.764. The van der Waals surface area contributed by atoms with Gasteiger partial charge < -0.3 is 14.9 Å². The molecule has 1 aromatic carbocycles. The highest BCUT2D eigenvalue weighted by atomic mass is 19.4. The van der Waals surface area contributed by atoms with Crippen LogP contribution >= 0.6 is 0 Å². The molecule has 0 radical (unpaired) electrons. The molecule has 1 aliphatic heterocycles. The summed E-state index contributed by atoms with van der Waals surface area (Å²) in [7, 11) is 0. The van der Waals surface area contributed by atoms with E-state index in [4.69, 9.17) is 0 Å². The van der Waals surface area contributed by atoms with Gasteiger partial charge in [0.15, 0.2) is 0 Å². The van der Waals surface area contributed by atoms with E-state index in [1.807, 2.05) is 0 Å². The molecule has 1 atom stereocenters. The molecule has 2 rings (SSSR count). The van der Waals surface area contributed by atoms with E-state index in [1.165, 1.54) is 17.0 Å². The Morgan fingerprint density at radius 3 is 2.21 bits per heavy atom. The summed E-state index contributed by atoms with van der Waals surface area (Å²) in [5.41, 5.74) is -2.85. The van der Waals surface area contributed by atoms with Gasteiger partial charge in [0, 0.05) is 25.2 Å². The van der Waals surface area contributed by atoms with Gasteiger partial charge >= 0.3 is 6.18 Å². The first kappa shape index (κ1) is 23.1. The molecule has 1 saturated heterocycles. The average Bonchev–Trinajstić information content (AvgIpc) is 2.60. The second-order valence-corrected chi connectivity index (χ2v) is 7.88. The van der Waals surface area contributed by atoms with Crippen LogP contribution in [0.1, 0.15) is 49.5 Å². The summed E-state index contributed by atoms with van der Waals surface area (Å²) in [6.45, 7) is 5.61. The van der Waals surface area contributed by atoms with Crippen LogP contribution in [-0.4, -0.2) is 63.7 Å². The molecule has 162 valence electrons. The van der Waals surface area contributed by atoms with Crippen LogP contribution in [0.3, 0.4) is 0 Å². The molecule has 9 heteroatoms. The van der Waals surface area contributed by atoms with Crippen molar-refractivity contribution in [2.24, 2.45) is 0 Å². The topological polar surface area (TPSA) is 60.9 Å². The standard InChI is InChI=1S/C20H26F4N2O3/c1-12(2)26(17(27)15-6-5-13(3)11-16(15)21)14-7-9-25(10-8-14)18(28)19(4,29)20(22,23)24/h5-6,11-12,14,29H,7-10H2,1-4H3. The minimum Gasteiger partial charge on any atom is -0.373 e. The molecule has 2 amide bonds. The maximum absolute atomic E-state index is 14.3. The van der Waals surface area contributed by atoms with Crippen LogP contribution in [0.15, 0.2) is 18.2 Å². The zero-order chi connectivity index (χ0) is 22.1. The summed E-state index contributed by atoms with van der Waals surface area (Å²) in [4.78, 5) is 27.5. The van der Waals surface area contributed by atoms with E-state index in [-0.39, 0.29) is 43.6 Å². The van der Waals surface area contributed by atoms with E-state index in [2.05, 4.69) is 0 Å². The van der Waals surface area contributed by atoms with Crippen molar-refractivity contribution in [1.29, 1.82) is 0 Å². The number of likely N-dealkylation sites (tertiary alicyclic amines) is 1. The highest BCUT2D eigenvalue weighted by Crippen LogP contribution is 2.33. The monoisotopic (exact) mass is 418 g/mol. The molecule has 1 aliphatic rings. The average molecular weight is 418 g/mol. The predicted octanol–water partition coefficient (Wildman–Crippen LogP) is 3.29. The number of halogens is 4. The lowest BCUT2D eigenvalue weighted by molar-refractivity contribution is -0.250. The lowest BCUT2D eigenvalue weighted by atomic mass is 9.97. The Bertz CT molecular complexity index is 769. The molecule has 0 saturated carbocycles. The lowest BCUT2D eigenvalue weighted by Crippen LogP contribution is -2.59. The fraction of sp³-hybridized carbons (Fsp3) is 0.600. The molecule has 5 nitrogen and oxygen atoms in total. The third kappa shape index (κ3) is 4.71. The molecule has 1 unspecified atom stereocenters. The number of hydrogen-bond acceptors (Lipinski definition) is 3. The van der Waals surface area contributed by atoms with Crippen LogP contribution in [0.25, 0.3) is 0 Å². The number of benzene rings is 1. The van der Waals surface area contributed by atoms with Gasteiger partial charge in [-0.25, -0.2) is 4.39 Å². The summed E-state index contributed by atoms with van der Waals surface area (Å²) in [6.07, 6.45) is -4.61. The highest BCUT2D eigenvalue weighted by molar-refractivity contribution is 5.95. The van der Waals surface area contributed by atoms with Crippen LogP contribution in [0.2, 0.25) is 0 Å². The maximum Gasteiger partial charge on any atom is 0.426 e. The molecule has 0 spiro atoms. The predicted molar refractivity (Wildman–Crippen MR) is 98.7 cm³/mol. The molecule has 29 heavy (non-hydrogen) atoms. The zero-order valence-corrected chi connectivity index (χ0v) is 16.9. The Hall–Kier alpha value is -2.16. The molecule has 0 aliphatic carbocycles. The van der Waals surface area contributed by atoms with Gasteiger partial charge in [-0.3, -0.25) is 9.59 Å². The molecule has 1 N–H and O–H groups in total. The molecule has 1 fully saturated rings. The van der Waals surface area contributed by atoms with Crippen molar-refractivity contribution in [2.45, 2.75) is 64.4 Å². The van der Waals surface area contributed by atoms with E-state index in [1.54, 1.807) is 26.8 Å². The Morgan fingerprint density at radius 2 is 1.76 bits per heavy atom. The van der Waals surface area contributed by atoms with Gasteiger partial charge in [-0.1, -0.05) is 6.07 Å². The molecular formula is C20H26F4N2O3. The van der Waals surface area contributed by atoms with Gasteiger partial charge in [-0.15, -0.1) is 0 Å². The second kappa shape index (κ2) is 8.30. The fourth-order valence-corrected chi connectivity index (χ4v) is 3.53. The number of rotatable bonds is 4. The van der Waals surface area contributed by atoms with Crippen LogP contribution in [0.5, 0.6) is 0 Å². The normalized spacial score (nSPS) is 17.9. The van der Waals surface area contributed by atoms with Crippen molar-refractivity contribution < 1.29 is 32.3 Å². The number of carbonyl (C=O) groups is 2. The highest BCUT2D eigenvalue weighted by Gasteiger charge is 2.57. The Labute approximate surface area is 167 Å². The summed E-state index contributed by atoms with van der Waals surface area (Å²) in [5.74, 6) is -2.53. The summed E-state index contributed by atoms with van der Waals surface area (Å²) in [6, 6.07) is 3.69. The number of carbonyl (C=O) groups excluding carboxylic acids is 2. The number of alkyl halides is 3. The molecular weight excluding hydrogens is 392 g/mol. The Kier molecular flexibility index (Phi) is 6.61. The lowest BCUT2D eigenvalue weighted by Gasteiger charge is -2.42. The van der Waals surface area contributed by atoms with Crippen molar-refractivity contribution in [1.82, 2.24) is 9.80 Å². The molecule has 1 heterocycles. The van der Waals surface area contributed by atoms with Crippen LogP contribution in [0.4, 0.5) is 17.6 Å². The molecule has 1 aromatic rings. The van der Waals surface area contributed by atoms with Gasteiger partial charge in [-0.2, -0.15) is 13.2 Å². The molecule has 0 bridgehead atoms. The summed E-state index contributed by atoms with van der Waals surface area (Å²) >= 11 is 0. The number of nitrogens with zero attached hydrogens (tertiary/aromatic N) is 2. The first-order valence-corrected chi connectivity index (χ1v) is 9.44. The van der Waals surface area contributed by atoms with Gasteiger partial charge in [0.05, 0.1) is 5.56 Å². The first-order chi connectivity index (χ1) is 13.3.